The van der Waals surface area contributed by atoms with Crippen LogP contribution in [0.1, 0.15) is 57.7 Å². The molecule has 142 valence electrons. The van der Waals surface area contributed by atoms with E-state index in [0.29, 0.717) is 12.0 Å². The molecule has 2 rings (SSSR count). The first-order valence-corrected chi connectivity index (χ1v) is 10.1. The standard InChI is InChI=1S/C23H32BrNO/c1-17-7-9-18(10-8-17)15-26-21-12-11-20(24)13-19(21)14-25-23(5,6)16-22(2,3)4/h7-13,25H,14-16H2,1-6H3. The van der Waals surface area contributed by atoms with Gasteiger partial charge in [-0.15, -0.1) is 0 Å². The van der Waals surface area contributed by atoms with Gasteiger partial charge in [0.05, 0.1) is 0 Å². The van der Waals surface area contributed by atoms with Gasteiger partial charge in [0.25, 0.3) is 0 Å². The summed E-state index contributed by atoms with van der Waals surface area (Å²) in [6.45, 7) is 14.9. The number of benzene rings is 2. The Labute approximate surface area is 167 Å². The van der Waals surface area contributed by atoms with E-state index in [1.807, 2.05) is 12.1 Å². The highest BCUT2D eigenvalue weighted by Crippen LogP contribution is 2.29. The van der Waals surface area contributed by atoms with Crippen LogP contribution in [0.5, 0.6) is 5.75 Å². The van der Waals surface area contributed by atoms with Crippen LogP contribution >= 0.6 is 15.9 Å². The average molecular weight is 418 g/mol. The molecule has 0 spiro atoms. The minimum absolute atomic E-state index is 0.0643. The summed E-state index contributed by atoms with van der Waals surface area (Å²) in [7, 11) is 0. The molecule has 2 aromatic carbocycles. The summed E-state index contributed by atoms with van der Waals surface area (Å²) in [4.78, 5) is 0. The summed E-state index contributed by atoms with van der Waals surface area (Å²) < 4.78 is 7.20. The first-order chi connectivity index (χ1) is 12.0. The van der Waals surface area contributed by atoms with E-state index in [2.05, 4.69) is 93.1 Å². The maximum Gasteiger partial charge on any atom is 0.124 e. The Kier molecular flexibility index (Phi) is 6.92. The summed E-state index contributed by atoms with van der Waals surface area (Å²) in [5.74, 6) is 0.938. The molecular weight excluding hydrogens is 386 g/mol. The van der Waals surface area contributed by atoms with Crippen LogP contribution in [-0.2, 0) is 13.2 Å². The van der Waals surface area contributed by atoms with Crippen molar-refractivity contribution in [2.45, 2.75) is 66.7 Å². The molecule has 0 radical (unpaired) electrons. The molecule has 0 aliphatic carbocycles. The van der Waals surface area contributed by atoms with Gasteiger partial charge in [-0.3, -0.25) is 0 Å². The van der Waals surface area contributed by atoms with Crippen LogP contribution in [0.15, 0.2) is 46.9 Å². The highest BCUT2D eigenvalue weighted by molar-refractivity contribution is 9.10. The van der Waals surface area contributed by atoms with E-state index < -0.39 is 0 Å². The van der Waals surface area contributed by atoms with E-state index in [0.717, 1.165) is 23.2 Å². The first-order valence-electron chi connectivity index (χ1n) is 9.26. The maximum absolute atomic E-state index is 6.12. The van der Waals surface area contributed by atoms with Crippen molar-refractivity contribution in [2.24, 2.45) is 5.41 Å². The van der Waals surface area contributed by atoms with Gasteiger partial charge in [-0.05, 0) is 56.4 Å². The Morgan fingerprint density at radius 2 is 1.62 bits per heavy atom. The maximum atomic E-state index is 6.12. The van der Waals surface area contributed by atoms with Crippen molar-refractivity contribution in [1.29, 1.82) is 0 Å². The van der Waals surface area contributed by atoms with Crippen molar-refractivity contribution in [2.75, 3.05) is 0 Å². The SMILES string of the molecule is Cc1ccc(COc2ccc(Br)cc2CNC(C)(C)CC(C)(C)C)cc1. The number of rotatable bonds is 7. The molecule has 0 saturated heterocycles. The Morgan fingerprint density at radius 3 is 2.23 bits per heavy atom. The molecule has 0 atom stereocenters. The third-order valence-corrected chi connectivity index (χ3v) is 4.76. The van der Waals surface area contributed by atoms with Crippen molar-refractivity contribution in [3.8, 4) is 5.75 Å². The molecule has 26 heavy (non-hydrogen) atoms. The van der Waals surface area contributed by atoms with Crippen molar-refractivity contribution in [3.05, 3.63) is 63.6 Å². The van der Waals surface area contributed by atoms with Crippen molar-refractivity contribution < 1.29 is 4.74 Å². The van der Waals surface area contributed by atoms with Crippen LogP contribution < -0.4 is 10.1 Å². The van der Waals surface area contributed by atoms with E-state index in [1.165, 1.54) is 16.7 Å². The summed E-state index contributed by atoms with van der Waals surface area (Å²) in [5.41, 5.74) is 3.98. The van der Waals surface area contributed by atoms with Crippen LogP contribution in [0.25, 0.3) is 0 Å². The fourth-order valence-corrected chi connectivity index (χ4v) is 3.80. The summed E-state index contributed by atoms with van der Waals surface area (Å²) in [6, 6.07) is 14.7. The number of halogens is 1. The molecule has 1 N–H and O–H groups in total. The lowest BCUT2D eigenvalue weighted by molar-refractivity contribution is 0.238. The Balaban J connectivity index is 2.05. The first kappa shape index (κ1) is 21.0. The Bertz CT molecular complexity index is 714. The summed E-state index contributed by atoms with van der Waals surface area (Å²) in [5, 5.41) is 3.70. The van der Waals surface area contributed by atoms with Crippen LogP contribution in [0.2, 0.25) is 0 Å². The van der Waals surface area contributed by atoms with E-state index in [4.69, 9.17) is 4.74 Å². The third kappa shape index (κ3) is 7.13. The largest absolute Gasteiger partial charge is 0.489 e. The van der Waals surface area contributed by atoms with Gasteiger partial charge in [-0.2, -0.15) is 0 Å². The average Bonchev–Trinajstić information content (AvgIpc) is 2.51. The van der Waals surface area contributed by atoms with E-state index in [9.17, 15) is 0 Å². The zero-order chi connectivity index (χ0) is 19.4. The van der Waals surface area contributed by atoms with Gasteiger partial charge in [0.15, 0.2) is 0 Å². The molecule has 3 heteroatoms. The second-order valence-corrected chi connectivity index (χ2v) is 9.92. The molecule has 0 amide bonds. The van der Waals surface area contributed by atoms with E-state index in [-0.39, 0.29) is 5.54 Å². The molecular formula is C23H32BrNO. The van der Waals surface area contributed by atoms with Gasteiger partial charge in [-0.25, -0.2) is 0 Å². The number of hydrogen-bond donors (Lipinski definition) is 1. The zero-order valence-corrected chi connectivity index (χ0v) is 18.5. The van der Waals surface area contributed by atoms with Gasteiger partial charge < -0.3 is 10.1 Å². The molecule has 0 aliphatic heterocycles. The third-order valence-electron chi connectivity index (χ3n) is 4.27. The lowest BCUT2D eigenvalue weighted by atomic mass is 9.82. The zero-order valence-electron chi connectivity index (χ0n) is 16.9. The number of ether oxygens (including phenoxy) is 1. The normalized spacial score (nSPS) is 12.3. The second kappa shape index (κ2) is 8.58. The molecule has 0 saturated carbocycles. The second-order valence-electron chi connectivity index (χ2n) is 9.00. The number of nitrogens with one attached hydrogen (secondary N) is 1. The quantitative estimate of drug-likeness (QED) is 0.544. The predicted octanol–water partition coefficient (Wildman–Crippen LogP) is 6.64. The van der Waals surface area contributed by atoms with Crippen LogP contribution in [0, 0.1) is 12.3 Å². The van der Waals surface area contributed by atoms with E-state index in [1.54, 1.807) is 0 Å². The van der Waals surface area contributed by atoms with Gasteiger partial charge in [-0.1, -0.05) is 66.5 Å². The fourth-order valence-electron chi connectivity index (χ4n) is 3.40. The predicted molar refractivity (Wildman–Crippen MR) is 115 cm³/mol. The monoisotopic (exact) mass is 417 g/mol. The van der Waals surface area contributed by atoms with Crippen molar-refractivity contribution >= 4 is 15.9 Å². The smallest absolute Gasteiger partial charge is 0.124 e. The molecule has 0 heterocycles. The number of hydrogen-bond acceptors (Lipinski definition) is 2. The molecule has 0 unspecified atom stereocenters. The minimum atomic E-state index is 0.0643. The van der Waals surface area contributed by atoms with E-state index >= 15 is 0 Å². The van der Waals surface area contributed by atoms with Crippen LogP contribution in [-0.4, -0.2) is 5.54 Å². The molecule has 0 bridgehead atoms. The fraction of sp³-hybridized carbons (Fsp3) is 0.478. The van der Waals surface area contributed by atoms with Crippen molar-refractivity contribution in [1.82, 2.24) is 5.32 Å². The van der Waals surface area contributed by atoms with Gasteiger partial charge in [0.2, 0.25) is 0 Å². The highest BCUT2D eigenvalue weighted by Gasteiger charge is 2.25. The Morgan fingerprint density at radius 1 is 0.962 bits per heavy atom. The molecule has 2 aromatic rings. The minimum Gasteiger partial charge on any atom is -0.489 e. The number of aryl methyl sites for hydroxylation is 1. The van der Waals surface area contributed by atoms with Crippen LogP contribution in [0.3, 0.4) is 0 Å². The van der Waals surface area contributed by atoms with Crippen LogP contribution in [0.4, 0.5) is 0 Å². The molecule has 2 nitrogen and oxygen atoms in total. The highest BCUT2D eigenvalue weighted by atomic mass is 79.9. The molecule has 0 fully saturated rings. The lowest BCUT2D eigenvalue weighted by Crippen LogP contribution is -2.41. The lowest BCUT2D eigenvalue weighted by Gasteiger charge is -2.33. The molecule has 0 aliphatic rings. The van der Waals surface area contributed by atoms with Gasteiger partial charge >= 0.3 is 0 Å². The summed E-state index contributed by atoms with van der Waals surface area (Å²) in [6.07, 6.45) is 1.10. The summed E-state index contributed by atoms with van der Waals surface area (Å²) >= 11 is 3.59. The Hall–Kier alpha value is -1.32. The van der Waals surface area contributed by atoms with Gasteiger partial charge in [0.1, 0.15) is 12.4 Å². The van der Waals surface area contributed by atoms with Crippen molar-refractivity contribution in [3.63, 3.8) is 0 Å². The molecule has 0 aromatic heterocycles. The topological polar surface area (TPSA) is 21.3 Å². The van der Waals surface area contributed by atoms with Gasteiger partial charge in [0, 0.05) is 22.1 Å².